The third kappa shape index (κ3) is 5.60. The van der Waals surface area contributed by atoms with E-state index in [2.05, 4.69) is 16.8 Å². The third-order valence-electron chi connectivity index (χ3n) is 7.09. The predicted molar refractivity (Wildman–Crippen MR) is 143 cm³/mol. The summed E-state index contributed by atoms with van der Waals surface area (Å²) >= 11 is 0. The number of anilines is 2. The maximum Gasteiger partial charge on any atom is 0.416 e. The molecule has 5 nitrogen and oxygen atoms in total. The second-order valence-electron chi connectivity index (χ2n) is 9.75. The molecular weight excluding hydrogens is 491 g/mol. The number of amides is 1. The van der Waals surface area contributed by atoms with Gasteiger partial charge in [0.25, 0.3) is 5.91 Å². The molecule has 1 amide bonds. The number of carbonyl (C=O) groups is 1. The molecule has 0 bridgehead atoms. The summed E-state index contributed by atoms with van der Waals surface area (Å²) in [5, 5.41) is 0. The van der Waals surface area contributed by atoms with Crippen LogP contribution >= 0.6 is 0 Å². The Hall–Kier alpha value is -3.65. The van der Waals surface area contributed by atoms with Gasteiger partial charge in [-0.3, -0.25) is 9.69 Å². The minimum atomic E-state index is -4.49. The lowest BCUT2D eigenvalue weighted by Crippen LogP contribution is -2.38. The molecule has 0 radical (unpaired) electrons. The predicted octanol–water partition coefficient (Wildman–Crippen LogP) is 7.15. The van der Waals surface area contributed by atoms with Gasteiger partial charge in [0.15, 0.2) is 0 Å². The fourth-order valence-corrected chi connectivity index (χ4v) is 5.10. The summed E-state index contributed by atoms with van der Waals surface area (Å²) in [7, 11) is 0. The van der Waals surface area contributed by atoms with Crippen LogP contribution < -0.4 is 9.64 Å². The first-order valence-corrected chi connectivity index (χ1v) is 13.0. The summed E-state index contributed by atoms with van der Waals surface area (Å²) in [5.74, 6) is 0.252. The normalized spacial score (nSPS) is 19.2. The highest BCUT2D eigenvalue weighted by Crippen LogP contribution is 2.38. The van der Waals surface area contributed by atoms with E-state index in [4.69, 9.17) is 4.74 Å². The molecule has 0 N–H and O–H groups in total. The van der Waals surface area contributed by atoms with Crippen molar-refractivity contribution in [1.29, 1.82) is 0 Å². The van der Waals surface area contributed by atoms with Crippen molar-refractivity contribution in [2.75, 3.05) is 24.6 Å². The maximum atomic E-state index is 13.6. The van der Waals surface area contributed by atoms with Crippen LogP contribution in [0, 0.1) is 0 Å². The van der Waals surface area contributed by atoms with Crippen molar-refractivity contribution in [1.82, 2.24) is 4.90 Å². The fourth-order valence-electron chi connectivity index (χ4n) is 5.10. The van der Waals surface area contributed by atoms with Crippen LogP contribution in [-0.4, -0.2) is 42.3 Å². The number of aliphatic imine (C=N–C) groups is 1. The maximum absolute atomic E-state index is 13.6. The second-order valence-corrected chi connectivity index (χ2v) is 9.75. The van der Waals surface area contributed by atoms with E-state index in [9.17, 15) is 18.0 Å². The Morgan fingerprint density at radius 3 is 2.63 bits per heavy atom. The molecule has 0 aliphatic carbocycles. The topological polar surface area (TPSA) is 45.1 Å². The average molecular weight is 522 g/mol. The van der Waals surface area contributed by atoms with Crippen LogP contribution in [-0.2, 0) is 11.0 Å². The minimum Gasteiger partial charge on any atom is -0.493 e. The van der Waals surface area contributed by atoms with E-state index >= 15 is 0 Å². The van der Waals surface area contributed by atoms with Crippen molar-refractivity contribution >= 4 is 28.7 Å². The van der Waals surface area contributed by atoms with Crippen molar-refractivity contribution in [3.05, 3.63) is 83.9 Å². The van der Waals surface area contributed by atoms with Crippen LogP contribution in [0.15, 0.2) is 77.8 Å². The average Bonchev–Trinajstić information content (AvgIpc) is 3.18. The van der Waals surface area contributed by atoms with Gasteiger partial charge in [0.2, 0.25) is 0 Å². The smallest absolute Gasteiger partial charge is 0.416 e. The molecule has 2 aliphatic heterocycles. The van der Waals surface area contributed by atoms with Gasteiger partial charge in [0.1, 0.15) is 11.5 Å². The summed E-state index contributed by atoms with van der Waals surface area (Å²) in [6, 6.07) is 19.7. The summed E-state index contributed by atoms with van der Waals surface area (Å²) in [4.78, 5) is 21.9. The lowest BCUT2D eigenvalue weighted by Gasteiger charge is -2.33. The van der Waals surface area contributed by atoms with Crippen molar-refractivity contribution in [2.24, 2.45) is 4.99 Å². The van der Waals surface area contributed by atoms with Gasteiger partial charge in [-0.05, 0) is 69.1 Å². The first-order chi connectivity index (χ1) is 18.3. The lowest BCUT2D eigenvalue weighted by molar-refractivity contribution is -0.137. The first-order valence-electron chi connectivity index (χ1n) is 13.0. The molecule has 3 aromatic carbocycles. The van der Waals surface area contributed by atoms with E-state index in [1.165, 1.54) is 36.3 Å². The van der Waals surface area contributed by atoms with Crippen molar-refractivity contribution in [2.45, 2.75) is 44.8 Å². The van der Waals surface area contributed by atoms with Crippen LogP contribution in [0.2, 0.25) is 0 Å². The van der Waals surface area contributed by atoms with Crippen LogP contribution in [0.1, 0.15) is 43.7 Å². The Labute approximate surface area is 220 Å². The Morgan fingerprint density at radius 1 is 1.00 bits per heavy atom. The molecule has 3 aromatic rings. The molecule has 0 aromatic heterocycles. The van der Waals surface area contributed by atoms with Gasteiger partial charge in [-0.25, -0.2) is 4.99 Å². The van der Waals surface area contributed by atoms with Gasteiger partial charge < -0.3 is 9.64 Å². The number of carbonyl (C=O) groups excluding carboxylic acids is 1. The van der Waals surface area contributed by atoms with Gasteiger partial charge in [-0.15, -0.1) is 0 Å². The number of benzene rings is 3. The molecule has 1 atom stereocenters. The SMILES string of the molecule is C[C@H]1CCCCN1CCCOc1cccc(N2C(=O)C(=Nc3cccc(C(F)(F)F)c3)c3ccccc32)c1. The minimum absolute atomic E-state index is 0.0694. The van der Waals surface area contributed by atoms with Crippen LogP contribution in [0.3, 0.4) is 0 Å². The lowest BCUT2D eigenvalue weighted by atomic mass is 10.0. The number of ether oxygens (including phenoxy) is 1. The monoisotopic (exact) mass is 521 g/mol. The Balaban J connectivity index is 1.34. The van der Waals surface area contributed by atoms with Crippen LogP contribution in [0.5, 0.6) is 5.75 Å². The quantitative estimate of drug-likeness (QED) is 0.310. The zero-order valence-electron chi connectivity index (χ0n) is 21.2. The highest BCUT2D eigenvalue weighted by Gasteiger charge is 2.35. The van der Waals surface area contributed by atoms with Gasteiger partial charge in [0, 0.05) is 24.2 Å². The molecule has 0 spiro atoms. The molecule has 2 aliphatic rings. The highest BCUT2D eigenvalue weighted by molar-refractivity contribution is 6.56. The number of halogens is 3. The van der Waals surface area contributed by atoms with E-state index in [1.54, 1.807) is 18.2 Å². The number of hydrogen-bond acceptors (Lipinski definition) is 4. The van der Waals surface area contributed by atoms with Crippen molar-refractivity contribution in [3.8, 4) is 5.75 Å². The Bertz CT molecular complexity index is 1340. The van der Waals surface area contributed by atoms with E-state index in [1.807, 2.05) is 30.3 Å². The summed E-state index contributed by atoms with van der Waals surface area (Å²) in [6.07, 6.45) is 0.205. The number of fused-ring (bicyclic) bond motifs is 1. The number of rotatable bonds is 7. The summed E-state index contributed by atoms with van der Waals surface area (Å²) < 4.78 is 45.6. The number of likely N-dealkylation sites (tertiary alicyclic amines) is 1. The fraction of sp³-hybridized carbons (Fsp3) is 0.333. The molecule has 1 fully saturated rings. The van der Waals surface area contributed by atoms with Crippen LogP contribution in [0.4, 0.5) is 30.2 Å². The number of nitrogens with zero attached hydrogens (tertiary/aromatic N) is 3. The van der Waals surface area contributed by atoms with Gasteiger partial charge in [-0.1, -0.05) is 36.8 Å². The largest absolute Gasteiger partial charge is 0.493 e. The molecule has 0 unspecified atom stereocenters. The highest BCUT2D eigenvalue weighted by atomic mass is 19.4. The molecule has 0 saturated carbocycles. The standard InChI is InChI=1S/C30H30F3N3O2/c1-21-9-4-5-16-35(21)17-8-18-38-25-13-7-12-24(20-25)36-27-15-3-2-14-26(27)28(29(36)37)34-23-11-6-10-22(19-23)30(31,32)33/h2-3,6-7,10-15,19-21H,4-5,8-9,16-18H2,1H3/t21-/m0/s1. The summed E-state index contributed by atoms with van der Waals surface area (Å²) in [5.41, 5.74) is 1.16. The number of alkyl halides is 3. The number of hydrogen-bond donors (Lipinski definition) is 0. The zero-order chi connectivity index (χ0) is 26.7. The third-order valence-corrected chi connectivity index (χ3v) is 7.09. The molecule has 198 valence electrons. The Morgan fingerprint density at radius 2 is 1.82 bits per heavy atom. The molecule has 1 saturated heterocycles. The molecule has 8 heteroatoms. The molecule has 2 heterocycles. The van der Waals surface area contributed by atoms with Crippen molar-refractivity contribution in [3.63, 3.8) is 0 Å². The zero-order valence-corrected chi connectivity index (χ0v) is 21.2. The summed E-state index contributed by atoms with van der Waals surface area (Å²) in [6.45, 7) is 4.98. The van der Waals surface area contributed by atoms with E-state index < -0.39 is 17.6 Å². The van der Waals surface area contributed by atoms with Gasteiger partial charge >= 0.3 is 6.18 Å². The molecule has 5 rings (SSSR count). The van der Waals surface area contributed by atoms with E-state index in [0.29, 0.717) is 35.3 Å². The first kappa shape index (κ1) is 26.0. The number of piperidine rings is 1. The Kier molecular flexibility index (Phi) is 7.51. The van der Waals surface area contributed by atoms with E-state index in [-0.39, 0.29) is 11.4 Å². The van der Waals surface area contributed by atoms with Gasteiger partial charge in [0.05, 0.1) is 29.2 Å². The van der Waals surface area contributed by atoms with Gasteiger partial charge in [-0.2, -0.15) is 13.2 Å². The second kappa shape index (κ2) is 11.0. The van der Waals surface area contributed by atoms with Crippen LogP contribution in [0.25, 0.3) is 0 Å². The molecule has 38 heavy (non-hydrogen) atoms. The molecular formula is C30H30F3N3O2. The number of para-hydroxylation sites is 1. The van der Waals surface area contributed by atoms with Crippen molar-refractivity contribution < 1.29 is 22.7 Å². The van der Waals surface area contributed by atoms with E-state index in [0.717, 1.165) is 31.6 Å².